The van der Waals surface area contributed by atoms with Crippen LogP contribution in [-0.4, -0.2) is 73.8 Å². The first-order valence-corrected chi connectivity index (χ1v) is 8.49. The molecule has 0 atom stereocenters. The van der Waals surface area contributed by atoms with Crippen molar-refractivity contribution in [2.75, 3.05) is 62.7 Å². The van der Waals surface area contributed by atoms with Gasteiger partial charge in [-0.3, -0.25) is 0 Å². The fourth-order valence-corrected chi connectivity index (χ4v) is 2.48. The number of hydrogen-bond donors (Lipinski definition) is 2. The van der Waals surface area contributed by atoms with Gasteiger partial charge in [0.05, 0.1) is 26.5 Å². The highest BCUT2D eigenvalue weighted by molar-refractivity contribution is 5.85. The van der Waals surface area contributed by atoms with Gasteiger partial charge in [-0.2, -0.15) is 20.1 Å². The number of aromatic hydroxyl groups is 1. The van der Waals surface area contributed by atoms with Gasteiger partial charge in [0.25, 0.3) is 0 Å². The van der Waals surface area contributed by atoms with Crippen molar-refractivity contribution in [2.24, 2.45) is 5.10 Å². The second kappa shape index (κ2) is 8.49. The van der Waals surface area contributed by atoms with Crippen LogP contribution in [0.2, 0.25) is 0 Å². The summed E-state index contributed by atoms with van der Waals surface area (Å²) < 4.78 is 10.5. The summed E-state index contributed by atoms with van der Waals surface area (Å²) in [6.45, 7) is 2.71. The maximum Gasteiger partial charge on any atom is 0.250 e. The number of aromatic nitrogens is 3. The lowest BCUT2D eigenvalue weighted by Gasteiger charge is -2.27. The van der Waals surface area contributed by atoms with Crippen LogP contribution < -0.4 is 20.0 Å². The van der Waals surface area contributed by atoms with E-state index < -0.39 is 0 Å². The van der Waals surface area contributed by atoms with E-state index in [1.165, 1.54) is 13.3 Å². The van der Waals surface area contributed by atoms with Gasteiger partial charge >= 0.3 is 0 Å². The second-order valence-electron chi connectivity index (χ2n) is 6.02. The molecule has 2 aromatic rings. The quantitative estimate of drug-likeness (QED) is 0.565. The number of anilines is 3. The highest BCUT2D eigenvalue weighted by atomic mass is 16.5. The van der Waals surface area contributed by atoms with E-state index in [1.54, 1.807) is 23.1 Å². The van der Waals surface area contributed by atoms with Crippen molar-refractivity contribution >= 4 is 24.1 Å². The minimum atomic E-state index is 0.0178. The van der Waals surface area contributed by atoms with Crippen molar-refractivity contribution in [3.8, 4) is 11.5 Å². The molecule has 144 valence electrons. The Morgan fingerprint density at radius 2 is 2.04 bits per heavy atom. The number of phenols is 1. The lowest BCUT2D eigenvalue weighted by atomic mass is 10.2. The Balaban J connectivity index is 1.80. The first kappa shape index (κ1) is 18.6. The van der Waals surface area contributed by atoms with Crippen molar-refractivity contribution in [3.05, 3.63) is 23.8 Å². The van der Waals surface area contributed by atoms with Crippen LogP contribution in [0.5, 0.6) is 11.5 Å². The van der Waals surface area contributed by atoms with Crippen molar-refractivity contribution in [3.63, 3.8) is 0 Å². The minimum absolute atomic E-state index is 0.0178. The molecule has 0 aliphatic carbocycles. The molecule has 0 spiro atoms. The molecule has 1 aliphatic heterocycles. The topological polar surface area (TPSA) is 108 Å². The van der Waals surface area contributed by atoms with Gasteiger partial charge in [0.15, 0.2) is 11.5 Å². The molecule has 1 aromatic heterocycles. The molecule has 2 heterocycles. The summed E-state index contributed by atoms with van der Waals surface area (Å²) in [6, 6.07) is 5.16. The first-order valence-electron chi connectivity index (χ1n) is 8.49. The van der Waals surface area contributed by atoms with Gasteiger partial charge in [-0.05, 0) is 12.1 Å². The van der Waals surface area contributed by atoms with Gasteiger partial charge in [0, 0.05) is 32.7 Å². The van der Waals surface area contributed by atoms with Crippen LogP contribution in [0.15, 0.2) is 23.3 Å². The summed E-state index contributed by atoms with van der Waals surface area (Å²) >= 11 is 0. The molecule has 0 radical (unpaired) electrons. The monoisotopic (exact) mass is 373 g/mol. The number of nitrogens with zero attached hydrogens (tertiary/aromatic N) is 6. The third kappa shape index (κ3) is 4.53. The van der Waals surface area contributed by atoms with Crippen LogP contribution in [0.3, 0.4) is 0 Å². The number of nitrogens with one attached hydrogen (secondary N) is 1. The Morgan fingerprint density at radius 3 is 2.74 bits per heavy atom. The highest BCUT2D eigenvalue weighted by Gasteiger charge is 2.17. The third-order valence-corrected chi connectivity index (χ3v) is 3.92. The maximum atomic E-state index is 10.1. The number of para-hydroxylation sites is 1. The van der Waals surface area contributed by atoms with E-state index >= 15 is 0 Å². The molecule has 0 bridgehead atoms. The first-order chi connectivity index (χ1) is 13.1. The fraction of sp³-hybridized carbons (Fsp3) is 0.412. The lowest BCUT2D eigenvalue weighted by molar-refractivity contribution is 0.122. The van der Waals surface area contributed by atoms with Crippen molar-refractivity contribution in [1.82, 2.24) is 15.0 Å². The second-order valence-corrected chi connectivity index (χ2v) is 6.02. The van der Waals surface area contributed by atoms with Gasteiger partial charge in [0.2, 0.25) is 17.8 Å². The number of methoxy groups -OCH3 is 1. The Labute approximate surface area is 157 Å². The highest BCUT2D eigenvalue weighted by Crippen LogP contribution is 2.28. The Kier molecular flexibility index (Phi) is 5.87. The van der Waals surface area contributed by atoms with Crippen LogP contribution >= 0.6 is 0 Å². The van der Waals surface area contributed by atoms with Crippen LogP contribution in [0.25, 0.3) is 0 Å². The number of phenolic OH excluding ortho intramolecular Hbond substituents is 1. The summed E-state index contributed by atoms with van der Waals surface area (Å²) in [5, 5.41) is 14.2. The molecule has 1 aliphatic rings. The van der Waals surface area contributed by atoms with E-state index in [0.29, 0.717) is 42.4 Å². The molecular weight excluding hydrogens is 350 g/mol. The number of morpholine rings is 1. The summed E-state index contributed by atoms with van der Waals surface area (Å²) in [6.07, 6.45) is 1.48. The fourth-order valence-electron chi connectivity index (χ4n) is 2.48. The van der Waals surface area contributed by atoms with Crippen LogP contribution in [0.4, 0.5) is 17.8 Å². The molecule has 1 saturated heterocycles. The summed E-state index contributed by atoms with van der Waals surface area (Å²) in [7, 11) is 5.22. The normalized spacial score (nSPS) is 14.4. The molecule has 0 saturated carbocycles. The number of hydrogen-bond acceptors (Lipinski definition) is 10. The molecular formula is C17H23N7O3. The van der Waals surface area contributed by atoms with Crippen LogP contribution in [0, 0.1) is 0 Å². The smallest absolute Gasteiger partial charge is 0.250 e. The number of ether oxygens (including phenoxy) is 2. The van der Waals surface area contributed by atoms with E-state index in [9.17, 15) is 5.11 Å². The summed E-state index contributed by atoms with van der Waals surface area (Å²) in [4.78, 5) is 17.1. The standard InChI is InChI=1S/C17H23N7O3/c1-23(2)16-19-15(20-17(21-16)24-7-9-27-10-8-24)22-18-11-12-5-4-6-13(26-3)14(12)25/h4-6,11,25H,7-10H2,1-3H3,(H,19,20,21,22). The SMILES string of the molecule is COc1cccc(C=NNc2nc(N(C)C)nc(N3CCOCC3)n2)c1O. The van der Waals surface area contributed by atoms with Gasteiger partial charge in [-0.15, -0.1) is 0 Å². The summed E-state index contributed by atoms with van der Waals surface area (Å²) in [5.74, 6) is 1.80. The number of benzene rings is 1. The zero-order valence-electron chi connectivity index (χ0n) is 15.6. The molecule has 10 nitrogen and oxygen atoms in total. The third-order valence-electron chi connectivity index (χ3n) is 3.92. The van der Waals surface area contributed by atoms with Gasteiger partial charge in [-0.25, -0.2) is 5.43 Å². The minimum Gasteiger partial charge on any atom is -0.504 e. The summed E-state index contributed by atoms with van der Waals surface area (Å²) in [5.41, 5.74) is 3.31. The van der Waals surface area contributed by atoms with Crippen LogP contribution in [0.1, 0.15) is 5.56 Å². The van der Waals surface area contributed by atoms with Gasteiger partial charge in [0.1, 0.15) is 0 Å². The molecule has 1 aromatic carbocycles. The predicted molar refractivity (Wildman–Crippen MR) is 103 cm³/mol. The molecule has 1 fully saturated rings. The molecule has 10 heteroatoms. The molecule has 0 unspecified atom stereocenters. The zero-order chi connectivity index (χ0) is 19.2. The molecule has 27 heavy (non-hydrogen) atoms. The van der Waals surface area contributed by atoms with Gasteiger partial charge < -0.3 is 24.4 Å². The van der Waals surface area contributed by atoms with E-state index in [0.717, 1.165) is 13.1 Å². The van der Waals surface area contributed by atoms with Crippen LogP contribution in [-0.2, 0) is 4.74 Å². The van der Waals surface area contributed by atoms with E-state index in [-0.39, 0.29) is 5.75 Å². The molecule has 2 N–H and O–H groups in total. The predicted octanol–water partition coefficient (Wildman–Crippen LogP) is 0.934. The van der Waals surface area contributed by atoms with E-state index in [1.807, 2.05) is 19.0 Å². The maximum absolute atomic E-state index is 10.1. The molecule has 3 rings (SSSR count). The Bertz CT molecular complexity index is 807. The van der Waals surface area contributed by atoms with E-state index in [4.69, 9.17) is 9.47 Å². The van der Waals surface area contributed by atoms with Crippen molar-refractivity contribution in [1.29, 1.82) is 0 Å². The van der Waals surface area contributed by atoms with Crippen molar-refractivity contribution < 1.29 is 14.6 Å². The average Bonchev–Trinajstić information content (AvgIpc) is 2.69. The molecule has 0 amide bonds. The Hall–Kier alpha value is -3.14. The average molecular weight is 373 g/mol. The number of hydrazone groups is 1. The largest absolute Gasteiger partial charge is 0.504 e. The Morgan fingerprint density at radius 1 is 1.26 bits per heavy atom. The van der Waals surface area contributed by atoms with E-state index in [2.05, 4.69) is 25.5 Å². The lowest BCUT2D eigenvalue weighted by Crippen LogP contribution is -2.37. The zero-order valence-corrected chi connectivity index (χ0v) is 15.6. The number of rotatable bonds is 6. The van der Waals surface area contributed by atoms with Crippen molar-refractivity contribution in [2.45, 2.75) is 0 Å². The van der Waals surface area contributed by atoms with Gasteiger partial charge in [-0.1, -0.05) is 6.07 Å².